The number of amides is 1. The van der Waals surface area contributed by atoms with Crippen molar-refractivity contribution >= 4 is 11.6 Å². The van der Waals surface area contributed by atoms with Crippen LogP contribution in [0.15, 0.2) is 36.5 Å². The topological polar surface area (TPSA) is 92.2 Å². The largest absolute Gasteiger partial charge is 0.472 e. The van der Waals surface area contributed by atoms with Gasteiger partial charge in [0, 0.05) is 30.9 Å². The average molecular weight is 322 g/mol. The standard InChI is InChI=1S/C18H18N4O2/c1-12-2-5-17(21-10-12)24-14-6-7-22(11-14)16-4-3-13(9-19)8-15(16)18(20)23/h2-5,8,10,14H,6-7,11H2,1H3,(H2,20,23)/t14-/m0/s1. The molecule has 1 aliphatic heterocycles. The van der Waals surface area contributed by atoms with Crippen molar-refractivity contribution in [3.8, 4) is 11.9 Å². The fourth-order valence-electron chi connectivity index (χ4n) is 2.82. The summed E-state index contributed by atoms with van der Waals surface area (Å²) in [6.07, 6.45) is 2.60. The van der Waals surface area contributed by atoms with Gasteiger partial charge < -0.3 is 15.4 Å². The molecule has 1 aromatic carbocycles. The molecule has 1 amide bonds. The van der Waals surface area contributed by atoms with Crippen LogP contribution >= 0.6 is 0 Å². The molecule has 1 aromatic heterocycles. The lowest BCUT2D eigenvalue weighted by Gasteiger charge is -2.21. The summed E-state index contributed by atoms with van der Waals surface area (Å²) >= 11 is 0. The van der Waals surface area contributed by atoms with E-state index in [0.717, 1.165) is 24.2 Å². The van der Waals surface area contributed by atoms with Gasteiger partial charge in [-0.15, -0.1) is 0 Å². The number of hydrogen-bond acceptors (Lipinski definition) is 5. The van der Waals surface area contributed by atoms with E-state index < -0.39 is 5.91 Å². The normalized spacial score (nSPS) is 16.7. The molecule has 2 N–H and O–H groups in total. The lowest BCUT2D eigenvalue weighted by molar-refractivity contribution is 0.100. The quantitative estimate of drug-likeness (QED) is 0.929. The van der Waals surface area contributed by atoms with Gasteiger partial charge in [0.25, 0.3) is 5.91 Å². The average Bonchev–Trinajstić information content (AvgIpc) is 3.04. The molecule has 0 radical (unpaired) electrons. The molecular weight excluding hydrogens is 304 g/mol. The molecular formula is C18H18N4O2. The van der Waals surface area contributed by atoms with Gasteiger partial charge in [0.2, 0.25) is 5.88 Å². The molecule has 0 bridgehead atoms. The number of nitrogens with two attached hydrogens (primary N) is 1. The number of primary amides is 1. The smallest absolute Gasteiger partial charge is 0.250 e. The van der Waals surface area contributed by atoms with E-state index in [0.29, 0.717) is 23.6 Å². The highest BCUT2D eigenvalue weighted by atomic mass is 16.5. The van der Waals surface area contributed by atoms with Gasteiger partial charge in [-0.3, -0.25) is 4.79 Å². The number of rotatable bonds is 4. The summed E-state index contributed by atoms with van der Waals surface area (Å²) in [5, 5.41) is 8.98. The SMILES string of the molecule is Cc1ccc(O[C@H]2CCN(c3ccc(C#N)cc3C(N)=O)C2)nc1. The van der Waals surface area contributed by atoms with Crippen molar-refractivity contribution in [1.29, 1.82) is 5.26 Å². The van der Waals surface area contributed by atoms with E-state index >= 15 is 0 Å². The number of nitriles is 1. The molecule has 6 heteroatoms. The Balaban J connectivity index is 1.75. The molecule has 2 aromatic rings. The zero-order valence-corrected chi connectivity index (χ0v) is 13.4. The first-order valence-electron chi connectivity index (χ1n) is 7.75. The number of carbonyl (C=O) groups is 1. The third-order valence-corrected chi connectivity index (χ3v) is 4.05. The van der Waals surface area contributed by atoms with Crippen molar-refractivity contribution in [2.45, 2.75) is 19.4 Å². The molecule has 6 nitrogen and oxygen atoms in total. The maximum absolute atomic E-state index is 11.7. The maximum atomic E-state index is 11.7. The van der Waals surface area contributed by atoms with E-state index in [4.69, 9.17) is 15.7 Å². The van der Waals surface area contributed by atoms with E-state index in [1.807, 2.05) is 25.1 Å². The molecule has 0 spiro atoms. The van der Waals surface area contributed by atoms with Crippen molar-refractivity contribution in [2.24, 2.45) is 5.73 Å². The van der Waals surface area contributed by atoms with Gasteiger partial charge >= 0.3 is 0 Å². The zero-order chi connectivity index (χ0) is 17.1. The summed E-state index contributed by atoms with van der Waals surface area (Å²) in [6, 6.07) is 10.8. The minimum Gasteiger partial charge on any atom is -0.472 e. The molecule has 2 heterocycles. The van der Waals surface area contributed by atoms with Crippen LogP contribution in [0.3, 0.4) is 0 Å². The van der Waals surface area contributed by atoms with Gasteiger partial charge in [0.05, 0.1) is 23.7 Å². The van der Waals surface area contributed by atoms with Crippen LogP contribution < -0.4 is 15.4 Å². The molecule has 0 unspecified atom stereocenters. The Morgan fingerprint density at radius 1 is 1.42 bits per heavy atom. The lowest BCUT2D eigenvalue weighted by atomic mass is 10.1. The van der Waals surface area contributed by atoms with E-state index in [1.165, 1.54) is 6.07 Å². The minimum atomic E-state index is -0.535. The number of anilines is 1. The minimum absolute atomic E-state index is 0.00317. The van der Waals surface area contributed by atoms with Crippen LogP contribution in [0.5, 0.6) is 5.88 Å². The van der Waals surface area contributed by atoms with Crippen molar-refractivity contribution in [2.75, 3.05) is 18.0 Å². The second kappa shape index (κ2) is 6.59. The predicted molar refractivity (Wildman–Crippen MR) is 89.9 cm³/mol. The molecule has 1 fully saturated rings. The Kier molecular flexibility index (Phi) is 4.34. The molecule has 0 saturated carbocycles. The highest BCUT2D eigenvalue weighted by molar-refractivity contribution is 5.99. The van der Waals surface area contributed by atoms with Crippen LogP contribution in [0, 0.1) is 18.3 Å². The van der Waals surface area contributed by atoms with E-state index in [-0.39, 0.29) is 6.10 Å². The molecule has 1 aliphatic rings. The van der Waals surface area contributed by atoms with Gasteiger partial charge in [-0.2, -0.15) is 5.26 Å². The highest BCUT2D eigenvalue weighted by Crippen LogP contribution is 2.27. The molecule has 3 rings (SSSR count). The zero-order valence-electron chi connectivity index (χ0n) is 13.4. The van der Waals surface area contributed by atoms with Crippen LogP contribution in [-0.2, 0) is 0 Å². The Bertz CT molecular complexity index is 796. The van der Waals surface area contributed by atoms with E-state index in [9.17, 15) is 4.79 Å². The summed E-state index contributed by atoms with van der Waals surface area (Å²) in [5.41, 5.74) is 8.07. The number of aromatic nitrogens is 1. The molecule has 24 heavy (non-hydrogen) atoms. The monoisotopic (exact) mass is 322 g/mol. The number of carbonyl (C=O) groups excluding carboxylic acids is 1. The van der Waals surface area contributed by atoms with Crippen molar-refractivity contribution in [3.63, 3.8) is 0 Å². The summed E-state index contributed by atoms with van der Waals surface area (Å²) in [7, 11) is 0. The van der Waals surface area contributed by atoms with Gasteiger partial charge in [0.15, 0.2) is 0 Å². The van der Waals surface area contributed by atoms with Crippen LogP contribution in [0.1, 0.15) is 27.9 Å². The summed E-state index contributed by atoms with van der Waals surface area (Å²) in [5.74, 6) is 0.0640. The number of ether oxygens (including phenoxy) is 1. The Labute approximate surface area is 140 Å². The van der Waals surface area contributed by atoms with Crippen molar-refractivity contribution in [3.05, 3.63) is 53.2 Å². The fourth-order valence-corrected chi connectivity index (χ4v) is 2.82. The third-order valence-electron chi connectivity index (χ3n) is 4.05. The fraction of sp³-hybridized carbons (Fsp3) is 0.278. The number of aryl methyl sites for hydroxylation is 1. The van der Waals surface area contributed by atoms with Gasteiger partial charge in [-0.05, 0) is 30.7 Å². The van der Waals surface area contributed by atoms with E-state index in [1.54, 1.807) is 18.3 Å². The first-order valence-corrected chi connectivity index (χ1v) is 7.75. The van der Waals surface area contributed by atoms with Crippen molar-refractivity contribution < 1.29 is 9.53 Å². The first kappa shape index (κ1) is 15.8. The van der Waals surface area contributed by atoms with Crippen LogP contribution in [-0.4, -0.2) is 30.1 Å². The first-order chi connectivity index (χ1) is 11.6. The Morgan fingerprint density at radius 3 is 2.92 bits per heavy atom. The van der Waals surface area contributed by atoms with Crippen LogP contribution in [0.2, 0.25) is 0 Å². The van der Waals surface area contributed by atoms with Gasteiger partial charge in [0.1, 0.15) is 6.10 Å². The maximum Gasteiger partial charge on any atom is 0.250 e. The lowest BCUT2D eigenvalue weighted by Crippen LogP contribution is -2.27. The summed E-state index contributed by atoms with van der Waals surface area (Å²) in [4.78, 5) is 18.0. The van der Waals surface area contributed by atoms with Gasteiger partial charge in [-0.1, -0.05) is 6.07 Å². The number of hydrogen-bond donors (Lipinski definition) is 1. The Morgan fingerprint density at radius 2 is 2.25 bits per heavy atom. The van der Waals surface area contributed by atoms with Crippen LogP contribution in [0.25, 0.3) is 0 Å². The number of benzene rings is 1. The highest BCUT2D eigenvalue weighted by Gasteiger charge is 2.27. The Hall–Kier alpha value is -3.07. The second-order valence-corrected chi connectivity index (χ2v) is 5.86. The van der Waals surface area contributed by atoms with Crippen molar-refractivity contribution in [1.82, 2.24) is 4.98 Å². The molecule has 0 aliphatic carbocycles. The molecule has 1 atom stereocenters. The second-order valence-electron chi connectivity index (χ2n) is 5.86. The van der Waals surface area contributed by atoms with Crippen LogP contribution in [0.4, 0.5) is 5.69 Å². The molecule has 1 saturated heterocycles. The summed E-state index contributed by atoms with van der Waals surface area (Å²) in [6.45, 7) is 3.37. The summed E-state index contributed by atoms with van der Waals surface area (Å²) < 4.78 is 5.91. The predicted octanol–water partition coefficient (Wildman–Crippen LogP) is 2.02. The number of nitrogens with zero attached hydrogens (tertiary/aromatic N) is 3. The van der Waals surface area contributed by atoms with Gasteiger partial charge in [-0.25, -0.2) is 4.98 Å². The third kappa shape index (κ3) is 3.30. The number of pyridine rings is 1. The van der Waals surface area contributed by atoms with E-state index in [2.05, 4.69) is 9.88 Å². The molecule has 122 valence electrons.